The van der Waals surface area contributed by atoms with Crippen LogP contribution in [0.4, 0.5) is 10.1 Å². The van der Waals surface area contributed by atoms with Crippen LogP contribution in [-0.2, 0) is 9.59 Å². The first-order chi connectivity index (χ1) is 13.1. The molecule has 1 saturated heterocycles. The van der Waals surface area contributed by atoms with Crippen LogP contribution in [0.5, 0.6) is 0 Å². The van der Waals surface area contributed by atoms with Gasteiger partial charge < -0.3 is 4.90 Å². The molecule has 2 aromatic carbocycles. The van der Waals surface area contributed by atoms with Crippen LogP contribution in [0.2, 0.25) is 0 Å². The highest BCUT2D eigenvalue weighted by molar-refractivity contribution is 9.10. The van der Waals surface area contributed by atoms with Crippen molar-refractivity contribution in [3.63, 3.8) is 0 Å². The fourth-order valence-electron chi connectivity index (χ4n) is 3.36. The van der Waals surface area contributed by atoms with Crippen molar-refractivity contribution in [1.82, 2.24) is 4.90 Å². The van der Waals surface area contributed by atoms with Gasteiger partial charge in [0.15, 0.2) is 0 Å². The topological polar surface area (TPSA) is 57.7 Å². The van der Waals surface area contributed by atoms with E-state index in [4.69, 9.17) is 0 Å². The average molecular weight is 447 g/mol. The largest absolute Gasteiger partial charge is 0.321 e. The summed E-state index contributed by atoms with van der Waals surface area (Å²) in [5.41, 5.74) is -0.483. The number of imide groups is 1. The van der Waals surface area contributed by atoms with E-state index in [0.29, 0.717) is 5.69 Å². The summed E-state index contributed by atoms with van der Waals surface area (Å²) in [4.78, 5) is 41.3. The van der Waals surface area contributed by atoms with Crippen molar-refractivity contribution in [2.75, 3.05) is 4.90 Å². The van der Waals surface area contributed by atoms with Gasteiger partial charge in [0.1, 0.15) is 11.9 Å². The zero-order valence-electron chi connectivity index (χ0n) is 15.8. The van der Waals surface area contributed by atoms with Gasteiger partial charge in [0, 0.05) is 10.0 Å². The Balaban J connectivity index is 1.99. The van der Waals surface area contributed by atoms with Gasteiger partial charge in [-0.25, -0.2) is 9.29 Å². The minimum Gasteiger partial charge on any atom is -0.321 e. The van der Waals surface area contributed by atoms with Crippen molar-refractivity contribution in [2.45, 2.75) is 38.8 Å². The highest BCUT2D eigenvalue weighted by Gasteiger charge is 2.48. The Hall–Kier alpha value is -2.54. The molecule has 7 heteroatoms. The number of benzene rings is 2. The van der Waals surface area contributed by atoms with Gasteiger partial charge in [-0.1, -0.05) is 28.1 Å². The molecular formula is C21H20BrFN2O3. The molecule has 3 rings (SSSR count). The van der Waals surface area contributed by atoms with Crippen molar-refractivity contribution in [3.05, 3.63) is 64.4 Å². The molecule has 2 aromatic rings. The van der Waals surface area contributed by atoms with Gasteiger partial charge in [0.25, 0.3) is 11.8 Å². The van der Waals surface area contributed by atoms with E-state index in [9.17, 15) is 18.8 Å². The quantitative estimate of drug-likeness (QED) is 0.665. The van der Waals surface area contributed by atoms with E-state index in [0.717, 1.165) is 9.37 Å². The first-order valence-corrected chi connectivity index (χ1v) is 9.61. The molecule has 1 heterocycles. The number of amides is 3. The van der Waals surface area contributed by atoms with Gasteiger partial charge in [-0.3, -0.25) is 14.4 Å². The summed E-state index contributed by atoms with van der Waals surface area (Å²) in [6.07, 6.45) is -0.146. The number of hydrogen-bond acceptors (Lipinski definition) is 3. The molecule has 1 aliphatic rings. The smallest absolute Gasteiger partial charge is 0.257 e. The van der Waals surface area contributed by atoms with Crippen LogP contribution in [0.25, 0.3) is 0 Å². The lowest BCUT2D eigenvalue weighted by Crippen LogP contribution is -2.54. The standard InChI is InChI=1S/C21H20BrFN2O3/c1-21(2,3)25(19(27)15-6-4-5-7-16(15)23)17-12-18(26)24(20(17)28)14-10-8-13(22)9-11-14/h4-11,17H,12H2,1-3H3. The summed E-state index contributed by atoms with van der Waals surface area (Å²) >= 11 is 3.32. The lowest BCUT2D eigenvalue weighted by atomic mass is 9.99. The zero-order valence-corrected chi connectivity index (χ0v) is 17.4. The third-order valence-electron chi connectivity index (χ3n) is 4.57. The van der Waals surface area contributed by atoms with E-state index in [1.807, 2.05) is 0 Å². The number of carbonyl (C=O) groups excluding carboxylic acids is 3. The number of rotatable bonds is 3. The summed E-state index contributed by atoms with van der Waals surface area (Å²) < 4.78 is 15.0. The normalized spacial score (nSPS) is 17.2. The lowest BCUT2D eigenvalue weighted by molar-refractivity contribution is -0.123. The Labute approximate surface area is 171 Å². The molecule has 0 aromatic heterocycles. The highest BCUT2D eigenvalue weighted by Crippen LogP contribution is 2.31. The third kappa shape index (κ3) is 3.71. The molecule has 0 N–H and O–H groups in total. The highest BCUT2D eigenvalue weighted by atomic mass is 79.9. The monoisotopic (exact) mass is 446 g/mol. The maximum atomic E-state index is 14.2. The van der Waals surface area contributed by atoms with Crippen LogP contribution in [-0.4, -0.2) is 34.2 Å². The Bertz CT molecular complexity index is 937. The van der Waals surface area contributed by atoms with Gasteiger partial charge >= 0.3 is 0 Å². The van der Waals surface area contributed by atoms with Gasteiger partial charge in [-0.05, 0) is 57.2 Å². The van der Waals surface area contributed by atoms with Crippen LogP contribution >= 0.6 is 15.9 Å². The minimum absolute atomic E-state index is 0.125. The molecule has 0 bridgehead atoms. The first-order valence-electron chi connectivity index (χ1n) is 8.82. The summed E-state index contributed by atoms with van der Waals surface area (Å²) in [7, 11) is 0. The number of anilines is 1. The van der Waals surface area contributed by atoms with Crippen LogP contribution < -0.4 is 4.90 Å². The number of carbonyl (C=O) groups is 3. The number of nitrogens with zero attached hydrogens (tertiary/aromatic N) is 2. The van der Waals surface area contributed by atoms with E-state index < -0.39 is 35.1 Å². The molecule has 0 saturated carbocycles. The molecule has 1 aliphatic heterocycles. The molecule has 1 atom stereocenters. The molecule has 3 amide bonds. The van der Waals surface area contributed by atoms with Crippen LogP contribution in [0.15, 0.2) is 53.0 Å². The predicted molar refractivity (Wildman–Crippen MR) is 107 cm³/mol. The van der Waals surface area contributed by atoms with Crippen molar-refractivity contribution in [2.24, 2.45) is 0 Å². The van der Waals surface area contributed by atoms with Crippen LogP contribution in [0.1, 0.15) is 37.6 Å². The zero-order chi connectivity index (χ0) is 20.6. The Morgan fingerprint density at radius 1 is 1.11 bits per heavy atom. The Morgan fingerprint density at radius 3 is 2.29 bits per heavy atom. The number of halogens is 2. The van der Waals surface area contributed by atoms with Crippen LogP contribution in [0, 0.1) is 5.82 Å². The molecular weight excluding hydrogens is 427 g/mol. The van der Waals surface area contributed by atoms with E-state index in [2.05, 4.69) is 15.9 Å². The van der Waals surface area contributed by atoms with E-state index in [1.165, 1.54) is 23.1 Å². The second kappa shape index (κ2) is 7.47. The minimum atomic E-state index is -0.997. The lowest BCUT2D eigenvalue weighted by Gasteiger charge is -2.39. The summed E-state index contributed by atoms with van der Waals surface area (Å²) in [6.45, 7) is 5.27. The molecule has 5 nitrogen and oxygen atoms in total. The Morgan fingerprint density at radius 2 is 1.71 bits per heavy atom. The van der Waals surface area contributed by atoms with Gasteiger partial charge in [-0.15, -0.1) is 0 Å². The fraction of sp³-hybridized carbons (Fsp3) is 0.286. The first kappa shape index (κ1) is 20.2. The Kier molecular flexibility index (Phi) is 5.39. The van der Waals surface area contributed by atoms with Crippen molar-refractivity contribution in [1.29, 1.82) is 0 Å². The molecule has 28 heavy (non-hydrogen) atoms. The van der Waals surface area contributed by atoms with Crippen molar-refractivity contribution in [3.8, 4) is 0 Å². The summed E-state index contributed by atoms with van der Waals surface area (Å²) in [5, 5.41) is 0. The summed E-state index contributed by atoms with van der Waals surface area (Å²) in [6, 6.07) is 11.4. The molecule has 0 spiro atoms. The average Bonchev–Trinajstić information content (AvgIpc) is 2.89. The molecule has 1 fully saturated rings. The van der Waals surface area contributed by atoms with E-state index in [1.54, 1.807) is 51.1 Å². The van der Waals surface area contributed by atoms with Crippen molar-refractivity contribution < 1.29 is 18.8 Å². The maximum absolute atomic E-state index is 14.2. The van der Waals surface area contributed by atoms with Gasteiger partial charge in [0.2, 0.25) is 5.91 Å². The molecule has 146 valence electrons. The molecule has 1 unspecified atom stereocenters. The van der Waals surface area contributed by atoms with E-state index in [-0.39, 0.29) is 12.0 Å². The van der Waals surface area contributed by atoms with Crippen LogP contribution in [0.3, 0.4) is 0 Å². The fourth-order valence-corrected chi connectivity index (χ4v) is 3.62. The summed E-state index contributed by atoms with van der Waals surface area (Å²) in [5.74, 6) is -2.17. The van der Waals surface area contributed by atoms with Gasteiger partial charge in [-0.2, -0.15) is 0 Å². The van der Waals surface area contributed by atoms with E-state index >= 15 is 0 Å². The van der Waals surface area contributed by atoms with Gasteiger partial charge in [0.05, 0.1) is 17.7 Å². The second-order valence-electron chi connectivity index (χ2n) is 7.59. The number of hydrogen-bond donors (Lipinski definition) is 0. The second-order valence-corrected chi connectivity index (χ2v) is 8.51. The SMILES string of the molecule is CC(C)(C)N(C(=O)c1ccccc1F)C1CC(=O)N(c2ccc(Br)cc2)C1=O. The maximum Gasteiger partial charge on any atom is 0.257 e. The molecule has 0 radical (unpaired) electrons. The third-order valence-corrected chi connectivity index (χ3v) is 5.09. The molecule has 0 aliphatic carbocycles. The van der Waals surface area contributed by atoms with Crippen molar-refractivity contribution >= 4 is 39.3 Å². The predicted octanol–water partition coefficient (Wildman–Crippen LogP) is 4.16.